The minimum atomic E-state index is 0. The highest BCUT2D eigenvalue weighted by Crippen LogP contribution is 2.09. The van der Waals surface area contributed by atoms with Crippen LogP contribution in [0.1, 0.15) is 31.2 Å². The van der Waals surface area contributed by atoms with E-state index in [1.165, 1.54) is 0 Å². The first-order valence-electron chi connectivity index (χ1n) is 8.87. The van der Waals surface area contributed by atoms with E-state index in [1.54, 1.807) is 0 Å². The quantitative estimate of drug-likeness (QED) is 0.379. The summed E-state index contributed by atoms with van der Waals surface area (Å²) in [6.45, 7) is 14.9. The molecule has 0 radical (unpaired) electrons. The van der Waals surface area contributed by atoms with Crippen LogP contribution in [0.15, 0.2) is 9.41 Å². The Labute approximate surface area is 168 Å². The van der Waals surface area contributed by atoms with Crippen LogP contribution in [0.3, 0.4) is 0 Å². The third kappa shape index (κ3) is 7.10. The van der Waals surface area contributed by atoms with Crippen molar-refractivity contribution in [2.45, 2.75) is 40.3 Å². The van der Waals surface area contributed by atoms with Crippen molar-refractivity contribution >= 4 is 29.9 Å². The molecule has 0 amide bonds. The first-order valence-corrected chi connectivity index (χ1v) is 8.87. The fourth-order valence-electron chi connectivity index (χ4n) is 2.73. The van der Waals surface area contributed by atoms with Gasteiger partial charge < -0.3 is 20.0 Å². The van der Waals surface area contributed by atoms with Crippen LogP contribution >= 0.6 is 24.0 Å². The van der Waals surface area contributed by atoms with Gasteiger partial charge >= 0.3 is 0 Å². The van der Waals surface area contributed by atoms with Gasteiger partial charge in [0.1, 0.15) is 12.3 Å². The number of aromatic nitrogens is 1. The van der Waals surface area contributed by atoms with E-state index in [0.29, 0.717) is 18.5 Å². The van der Waals surface area contributed by atoms with Crippen LogP contribution in [0, 0.1) is 13.8 Å². The van der Waals surface area contributed by atoms with Gasteiger partial charge in [0.05, 0.1) is 5.69 Å². The molecule has 2 N–H and O–H groups in total. The van der Waals surface area contributed by atoms with Crippen LogP contribution in [-0.4, -0.2) is 73.1 Å². The van der Waals surface area contributed by atoms with E-state index in [-0.39, 0.29) is 24.0 Å². The van der Waals surface area contributed by atoms with Gasteiger partial charge in [0, 0.05) is 45.3 Å². The van der Waals surface area contributed by atoms with Gasteiger partial charge in [-0.3, -0.25) is 4.90 Å². The van der Waals surface area contributed by atoms with E-state index in [4.69, 9.17) is 4.42 Å². The second-order valence-corrected chi connectivity index (χ2v) is 6.51. The van der Waals surface area contributed by atoms with Crippen LogP contribution in [0.4, 0.5) is 0 Å². The van der Waals surface area contributed by atoms with Crippen LogP contribution in [-0.2, 0) is 6.54 Å². The lowest BCUT2D eigenvalue weighted by atomic mass is 10.2. The zero-order valence-electron chi connectivity index (χ0n) is 16.1. The van der Waals surface area contributed by atoms with Crippen molar-refractivity contribution in [2.24, 2.45) is 4.99 Å². The molecule has 144 valence electrons. The Morgan fingerprint density at radius 3 is 2.48 bits per heavy atom. The molecular formula is C17H33IN6O. The van der Waals surface area contributed by atoms with Gasteiger partial charge in [-0.25, -0.2) is 9.98 Å². The third-order valence-electron chi connectivity index (χ3n) is 4.52. The normalized spacial score (nSPS) is 17.9. The van der Waals surface area contributed by atoms with Crippen LogP contribution in [0.25, 0.3) is 0 Å². The lowest BCUT2D eigenvalue weighted by Gasteiger charge is -2.36. The van der Waals surface area contributed by atoms with E-state index in [2.05, 4.69) is 51.3 Å². The summed E-state index contributed by atoms with van der Waals surface area (Å²) in [4.78, 5) is 13.9. The van der Waals surface area contributed by atoms with Crippen LogP contribution < -0.4 is 10.6 Å². The predicted octanol–water partition coefficient (Wildman–Crippen LogP) is 1.60. The summed E-state index contributed by atoms with van der Waals surface area (Å²) in [5.74, 6) is 2.34. The highest BCUT2D eigenvalue weighted by molar-refractivity contribution is 14.0. The molecular weight excluding hydrogens is 431 g/mol. The molecule has 1 aromatic rings. The number of nitrogens with zero attached hydrogens (tertiary/aromatic N) is 4. The molecule has 7 nitrogen and oxygen atoms in total. The maximum atomic E-state index is 5.59. The lowest BCUT2D eigenvalue weighted by Crippen LogP contribution is -2.52. The summed E-state index contributed by atoms with van der Waals surface area (Å²) in [6, 6.07) is 0.480. The molecule has 1 fully saturated rings. The standard InChI is InChI=1S/C17H32N6O.HI/c1-6-18-17(20-12-16-21-14(3)15(4)24-16)19-11-13(2)23-9-7-22(5)8-10-23;/h13H,6-12H2,1-5H3,(H2,18,19,20);1H. The summed E-state index contributed by atoms with van der Waals surface area (Å²) in [5.41, 5.74) is 0.932. The molecule has 0 spiro atoms. The topological polar surface area (TPSA) is 68.9 Å². The lowest BCUT2D eigenvalue weighted by molar-refractivity contribution is 0.120. The van der Waals surface area contributed by atoms with Crippen LogP contribution in [0.5, 0.6) is 0 Å². The summed E-state index contributed by atoms with van der Waals surface area (Å²) < 4.78 is 5.59. The highest BCUT2D eigenvalue weighted by atomic mass is 127. The number of hydrogen-bond donors (Lipinski definition) is 2. The SMILES string of the molecule is CCNC(=NCc1nc(C)c(C)o1)NCC(C)N1CCN(C)CC1.I. The van der Waals surface area contributed by atoms with E-state index in [9.17, 15) is 0 Å². The molecule has 1 atom stereocenters. The number of likely N-dealkylation sites (N-methyl/N-ethyl adjacent to an activating group) is 1. The molecule has 1 aromatic heterocycles. The van der Waals surface area contributed by atoms with Gasteiger partial charge in [0.25, 0.3) is 0 Å². The van der Waals surface area contributed by atoms with Crippen molar-refractivity contribution in [3.63, 3.8) is 0 Å². The number of guanidine groups is 1. The van der Waals surface area contributed by atoms with E-state index < -0.39 is 0 Å². The average Bonchev–Trinajstić information content (AvgIpc) is 2.88. The smallest absolute Gasteiger partial charge is 0.216 e. The van der Waals surface area contributed by atoms with Crippen molar-refractivity contribution in [3.8, 4) is 0 Å². The number of hydrogen-bond acceptors (Lipinski definition) is 5. The summed E-state index contributed by atoms with van der Waals surface area (Å²) in [7, 11) is 2.18. The number of aliphatic imine (C=N–C) groups is 1. The number of oxazole rings is 1. The van der Waals surface area contributed by atoms with Crippen molar-refractivity contribution in [3.05, 3.63) is 17.3 Å². The molecule has 0 aliphatic carbocycles. The summed E-state index contributed by atoms with van der Waals surface area (Å²) >= 11 is 0. The van der Waals surface area contributed by atoms with E-state index in [0.717, 1.165) is 56.7 Å². The molecule has 0 saturated carbocycles. The Kier molecular flexibility index (Phi) is 9.73. The van der Waals surface area contributed by atoms with Crippen LogP contribution in [0.2, 0.25) is 0 Å². The molecule has 2 rings (SSSR count). The van der Waals surface area contributed by atoms with Crippen molar-refractivity contribution in [2.75, 3.05) is 46.3 Å². The predicted molar refractivity (Wildman–Crippen MR) is 113 cm³/mol. The molecule has 1 aliphatic heterocycles. The fraction of sp³-hybridized carbons (Fsp3) is 0.765. The monoisotopic (exact) mass is 464 g/mol. The largest absolute Gasteiger partial charge is 0.444 e. The minimum absolute atomic E-state index is 0. The van der Waals surface area contributed by atoms with Gasteiger partial charge in [0.2, 0.25) is 5.89 Å². The number of aryl methyl sites for hydroxylation is 2. The molecule has 8 heteroatoms. The Hall–Kier alpha value is -0.870. The Morgan fingerprint density at radius 1 is 1.24 bits per heavy atom. The third-order valence-corrected chi connectivity index (χ3v) is 4.52. The fourth-order valence-corrected chi connectivity index (χ4v) is 2.73. The first-order chi connectivity index (χ1) is 11.5. The van der Waals surface area contributed by atoms with Crippen molar-refractivity contribution in [1.82, 2.24) is 25.4 Å². The molecule has 1 aliphatic rings. The van der Waals surface area contributed by atoms with Gasteiger partial charge in [-0.2, -0.15) is 0 Å². The van der Waals surface area contributed by atoms with Gasteiger partial charge in [-0.15, -0.1) is 24.0 Å². The Balaban J connectivity index is 0.00000312. The molecule has 0 bridgehead atoms. The van der Waals surface area contributed by atoms with E-state index >= 15 is 0 Å². The number of piperazine rings is 1. The second kappa shape index (κ2) is 11.0. The van der Waals surface area contributed by atoms with E-state index in [1.807, 2.05) is 13.8 Å². The van der Waals surface area contributed by atoms with Crippen molar-refractivity contribution in [1.29, 1.82) is 0 Å². The number of nitrogens with one attached hydrogen (secondary N) is 2. The average molecular weight is 464 g/mol. The van der Waals surface area contributed by atoms with Gasteiger partial charge in [-0.05, 0) is 34.7 Å². The number of halogens is 1. The Morgan fingerprint density at radius 2 is 1.92 bits per heavy atom. The van der Waals surface area contributed by atoms with Gasteiger partial charge in [0.15, 0.2) is 5.96 Å². The second-order valence-electron chi connectivity index (χ2n) is 6.51. The zero-order valence-corrected chi connectivity index (χ0v) is 18.5. The van der Waals surface area contributed by atoms with Crippen molar-refractivity contribution < 1.29 is 4.42 Å². The molecule has 1 unspecified atom stereocenters. The molecule has 0 aromatic carbocycles. The van der Waals surface area contributed by atoms with Gasteiger partial charge in [-0.1, -0.05) is 0 Å². The summed E-state index contributed by atoms with van der Waals surface area (Å²) in [5, 5.41) is 6.72. The maximum absolute atomic E-state index is 5.59. The maximum Gasteiger partial charge on any atom is 0.216 e. The zero-order chi connectivity index (χ0) is 17.5. The number of rotatable bonds is 6. The molecule has 25 heavy (non-hydrogen) atoms. The minimum Gasteiger partial charge on any atom is -0.444 e. The Bertz CT molecular complexity index is 520. The highest BCUT2D eigenvalue weighted by Gasteiger charge is 2.19. The molecule has 2 heterocycles. The molecule has 1 saturated heterocycles. The summed E-state index contributed by atoms with van der Waals surface area (Å²) in [6.07, 6.45) is 0. The first kappa shape index (κ1) is 22.2.